The van der Waals surface area contributed by atoms with Crippen LogP contribution < -0.4 is 5.32 Å². The van der Waals surface area contributed by atoms with Gasteiger partial charge in [0.2, 0.25) is 10.0 Å². The number of sulfonamides is 1. The molecule has 19 heavy (non-hydrogen) atoms. The maximum atomic E-state index is 11.9. The van der Waals surface area contributed by atoms with E-state index in [9.17, 15) is 13.2 Å². The molecule has 2 heterocycles. The Labute approximate surface area is 112 Å². The van der Waals surface area contributed by atoms with E-state index in [1.807, 2.05) is 0 Å². The summed E-state index contributed by atoms with van der Waals surface area (Å²) < 4.78 is 24.4. The van der Waals surface area contributed by atoms with Crippen molar-refractivity contribution in [1.82, 2.24) is 14.6 Å². The van der Waals surface area contributed by atoms with E-state index in [4.69, 9.17) is 0 Å². The Bertz CT molecular complexity index is 545. The lowest BCUT2D eigenvalue weighted by Crippen LogP contribution is -2.49. The van der Waals surface area contributed by atoms with Crippen LogP contribution in [-0.4, -0.2) is 49.0 Å². The number of nitrogens with one attached hydrogen (secondary N) is 1. The van der Waals surface area contributed by atoms with E-state index in [1.54, 1.807) is 24.4 Å². The second kappa shape index (κ2) is 5.66. The quantitative estimate of drug-likeness (QED) is 0.861. The Morgan fingerprint density at radius 2 is 2.26 bits per heavy atom. The third kappa shape index (κ3) is 3.74. The molecule has 1 aromatic rings. The molecule has 1 saturated heterocycles. The molecule has 1 unspecified atom stereocenters. The summed E-state index contributed by atoms with van der Waals surface area (Å²) in [4.78, 5) is 15.9. The molecule has 1 amide bonds. The van der Waals surface area contributed by atoms with Crippen LogP contribution in [0, 0.1) is 0 Å². The highest BCUT2D eigenvalue weighted by molar-refractivity contribution is 7.88. The topological polar surface area (TPSA) is 79.4 Å². The first-order chi connectivity index (χ1) is 8.97. The monoisotopic (exact) mass is 283 g/mol. The van der Waals surface area contributed by atoms with Crippen molar-refractivity contribution < 1.29 is 13.2 Å². The lowest BCUT2D eigenvalue weighted by molar-refractivity contribution is 0.0916. The maximum absolute atomic E-state index is 11.9. The number of carbonyl (C=O) groups excluding carboxylic acids is 1. The van der Waals surface area contributed by atoms with Gasteiger partial charge in [-0.3, -0.25) is 9.78 Å². The summed E-state index contributed by atoms with van der Waals surface area (Å²) in [6.07, 6.45) is 4.28. The zero-order chi connectivity index (χ0) is 13.9. The molecule has 1 N–H and O–H groups in total. The smallest absolute Gasteiger partial charge is 0.270 e. The summed E-state index contributed by atoms with van der Waals surface area (Å²) in [6, 6.07) is 4.96. The third-order valence-corrected chi connectivity index (χ3v) is 4.36. The number of rotatable bonds is 3. The van der Waals surface area contributed by atoms with Crippen LogP contribution in [0.4, 0.5) is 0 Å². The highest BCUT2D eigenvalue weighted by Crippen LogP contribution is 2.13. The summed E-state index contributed by atoms with van der Waals surface area (Å²) in [6.45, 7) is 0.853. The highest BCUT2D eigenvalue weighted by atomic mass is 32.2. The summed E-state index contributed by atoms with van der Waals surface area (Å²) >= 11 is 0. The Balaban J connectivity index is 1.98. The van der Waals surface area contributed by atoms with E-state index >= 15 is 0 Å². The summed E-state index contributed by atoms with van der Waals surface area (Å²) in [5, 5.41) is 2.83. The number of hydrogen-bond donors (Lipinski definition) is 1. The molecule has 0 bridgehead atoms. The van der Waals surface area contributed by atoms with Gasteiger partial charge in [0.15, 0.2) is 0 Å². The summed E-state index contributed by atoms with van der Waals surface area (Å²) in [5.41, 5.74) is 0.346. The zero-order valence-electron chi connectivity index (χ0n) is 10.7. The van der Waals surface area contributed by atoms with Crippen LogP contribution in [0.5, 0.6) is 0 Å². The number of piperidine rings is 1. The molecule has 7 heteroatoms. The Hall–Kier alpha value is -1.47. The van der Waals surface area contributed by atoms with Crippen LogP contribution in [-0.2, 0) is 10.0 Å². The molecule has 0 spiro atoms. The van der Waals surface area contributed by atoms with E-state index in [0.717, 1.165) is 12.8 Å². The average molecular weight is 283 g/mol. The lowest BCUT2D eigenvalue weighted by atomic mass is 10.1. The van der Waals surface area contributed by atoms with Gasteiger partial charge < -0.3 is 5.32 Å². The molecule has 1 aliphatic rings. The predicted molar refractivity (Wildman–Crippen MR) is 71.1 cm³/mol. The first kappa shape index (κ1) is 14.0. The lowest BCUT2D eigenvalue weighted by Gasteiger charge is -2.31. The number of amides is 1. The first-order valence-electron chi connectivity index (χ1n) is 6.14. The molecule has 0 aromatic carbocycles. The van der Waals surface area contributed by atoms with Crippen LogP contribution in [0.25, 0.3) is 0 Å². The molecular weight excluding hydrogens is 266 g/mol. The predicted octanol–water partition coefficient (Wildman–Crippen LogP) is 0.235. The molecule has 1 atom stereocenters. The van der Waals surface area contributed by atoms with Crippen molar-refractivity contribution in [2.45, 2.75) is 18.9 Å². The number of aromatic nitrogens is 1. The molecule has 1 aromatic heterocycles. The minimum Gasteiger partial charge on any atom is -0.347 e. The van der Waals surface area contributed by atoms with Crippen LogP contribution in [0.2, 0.25) is 0 Å². The fourth-order valence-electron chi connectivity index (χ4n) is 2.12. The van der Waals surface area contributed by atoms with E-state index in [-0.39, 0.29) is 11.9 Å². The second-order valence-corrected chi connectivity index (χ2v) is 6.63. The molecule has 2 rings (SSSR count). The van der Waals surface area contributed by atoms with E-state index < -0.39 is 10.0 Å². The van der Waals surface area contributed by atoms with Gasteiger partial charge in [-0.25, -0.2) is 12.7 Å². The van der Waals surface area contributed by atoms with Gasteiger partial charge >= 0.3 is 0 Å². The minimum absolute atomic E-state index is 0.155. The van der Waals surface area contributed by atoms with Gasteiger partial charge in [-0.05, 0) is 25.0 Å². The standard InChI is InChI=1S/C12H17N3O3S/c1-19(17,18)15-8-4-5-10(9-15)14-12(16)11-6-2-3-7-13-11/h2-3,6-7,10H,4-5,8-9H2,1H3,(H,14,16). The Morgan fingerprint density at radius 1 is 1.47 bits per heavy atom. The Morgan fingerprint density at radius 3 is 2.89 bits per heavy atom. The highest BCUT2D eigenvalue weighted by Gasteiger charge is 2.27. The van der Waals surface area contributed by atoms with Crippen molar-refractivity contribution in [3.05, 3.63) is 30.1 Å². The van der Waals surface area contributed by atoms with Crippen LogP contribution in [0.3, 0.4) is 0 Å². The van der Waals surface area contributed by atoms with Gasteiger partial charge in [-0.1, -0.05) is 6.07 Å². The summed E-state index contributed by atoms with van der Waals surface area (Å²) in [7, 11) is -3.19. The maximum Gasteiger partial charge on any atom is 0.270 e. The second-order valence-electron chi connectivity index (χ2n) is 4.65. The van der Waals surface area contributed by atoms with Crippen molar-refractivity contribution in [2.24, 2.45) is 0 Å². The molecule has 1 aliphatic heterocycles. The number of nitrogens with zero attached hydrogens (tertiary/aromatic N) is 2. The Kier molecular flexibility index (Phi) is 4.16. The van der Waals surface area contributed by atoms with Crippen LogP contribution >= 0.6 is 0 Å². The largest absolute Gasteiger partial charge is 0.347 e. The molecular formula is C12H17N3O3S. The first-order valence-corrected chi connectivity index (χ1v) is 7.98. The van der Waals surface area contributed by atoms with Gasteiger partial charge in [0, 0.05) is 25.3 Å². The van der Waals surface area contributed by atoms with Gasteiger partial charge in [-0.15, -0.1) is 0 Å². The van der Waals surface area contributed by atoms with E-state index in [1.165, 1.54) is 10.6 Å². The van der Waals surface area contributed by atoms with Crippen LogP contribution in [0.1, 0.15) is 23.3 Å². The fourth-order valence-corrected chi connectivity index (χ4v) is 3.03. The van der Waals surface area contributed by atoms with Crippen molar-refractivity contribution in [3.8, 4) is 0 Å². The van der Waals surface area contributed by atoms with Crippen molar-refractivity contribution in [1.29, 1.82) is 0 Å². The molecule has 0 radical (unpaired) electrons. The van der Waals surface area contributed by atoms with E-state index in [2.05, 4.69) is 10.3 Å². The van der Waals surface area contributed by atoms with Crippen molar-refractivity contribution in [3.63, 3.8) is 0 Å². The van der Waals surface area contributed by atoms with Crippen molar-refractivity contribution >= 4 is 15.9 Å². The number of carbonyl (C=O) groups is 1. The normalized spacial score (nSPS) is 21.0. The molecule has 1 fully saturated rings. The van der Waals surface area contributed by atoms with Crippen LogP contribution in [0.15, 0.2) is 24.4 Å². The zero-order valence-corrected chi connectivity index (χ0v) is 11.6. The number of hydrogen-bond acceptors (Lipinski definition) is 4. The molecule has 6 nitrogen and oxygen atoms in total. The van der Waals surface area contributed by atoms with Gasteiger partial charge in [0.1, 0.15) is 5.69 Å². The summed E-state index contributed by atoms with van der Waals surface area (Å²) in [5.74, 6) is -0.263. The van der Waals surface area contributed by atoms with Gasteiger partial charge in [0.25, 0.3) is 5.91 Å². The van der Waals surface area contributed by atoms with E-state index in [0.29, 0.717) is 18.8 Å². The SMILES string of the molecule is CS(=O)(=O)N1CCCC(NC(=O)c2ccccn2)C1. The van der Waals surface area contributed by atoms with Gasteiger partial charge in [0.05, 0.1) is 6.26 Å². The van der Waals surface area contributed by atoms with Crippen molar-refractivity contribution in [2.75, 3.05) is 19.3 Å². The number of pyridine rings is 1. The average Bonchev–Trinajstić information content (AvgIpc) is 2.39. The molecule has 0 aliphatic carbocycles. The molecule has 0 saturated carbocycles. The minimum atomic E-state index is -3.19. The molecule has 104 valence electrons. The van der Waals surface area contributed by atoms with Gasteiger partial charge in [-0.2, -0.15) is 0 Å². The third-order valence-electron chi connectivity index (χ3n) is 3.09. The fraction of sp³-hybridized carbons (Fsp3) is 0.500.